The maximum atomic E-state index is 10.9. The fourth-order valence-electron chi connectivity index (χ4n) is 0.812. The van der Waals surface area contributed by atoms with Crippen molar-refractivity contribution in [3.05, 3.63) is 0 Å². The summed E-state index contributed by atoms with van der Waals surface area (Å²) in [6.45, 7) is 3.02. The lowest BCUT2D eigenvalue weighted by molar-refractivity contribution is -0.118. The van der Waals surface area contributed by atoms with E-state index in [1.807, 2.05) is 0 Å². The predicted molar refractivity (Wildman–Crippen MR) is 36.3 cm³/mol. The third-order valence-corrected chi connectivity index (χ3v) is 1.57. The van der Waals surface area contributed by atoms with E-state index < -0.39 is 0 Å². The summed E-state index contributed by atoms with van der Waals surface area (Å²) in [4.78, 5) is 10.9. The molecule has 1 fully saturated rings. The van der Waals surface area contributed by atoms with E-state index in [4.69, 9.17) is 0 Å². The number of unbranched alkanes of at least 4 members (excludes halogenated alkanes) is 1. The molecule has 0 radical (unpaired) electrons. The summed E-state index contributed by atoms with van der Waals surface area (Å²) in [5.41, 5.74) is 0. The fourth-order valence-corrected chi connectivity index (χ4v) is 0.812. The molecule has 1 aliphatic rings. The van der Waals surface area contributed by atoms with Gasteiger partial charge in [0, 0.05) is 13.0 Å². The molecule has 1 saturated heterocycles. The third kappa shape index (κ3) is 2.14. The Morgan fingerprint density at radius 2 is 2.44 bits per heavy atom. The quantitative estimate of drug-likeness (QED) is 0.565. The van der Waals surface area contributed by atoms with Crippen molar-refractivity contribution >= 4 is 5.78 Å². The number of hydrogen-bond donors (Lipinski definition) is 1. The van der Waals surface area contributed by atoms with Gasteiger partial charge < -0.3 is 5.32 Å². The molecule has 0 bridgehead atoms. The van der Waals surface area contributed by atoms with Crippen molar-refractivity contribution in [2.75, 3.05) is 6.54 Å². The van der Waals surface area contributed by atoms with Crippen molar-refractivity contribution in [3.8, 4) is 0 Å². The van der Waals surface area contributed by atoms with Gasteiger partial charge in [0.05, 0.1) is 6.04 Å². The SMILES string of the molecule is CCCCC(=O)C1CN1. The summed E-state index contributed by atoms with van der Waals surface area (Å²) >= 11 is 0. The van der Waals surface area contributed by atoms with Crippen LogP contribution in [0.3, 0.4) is 0 Å². The molecule has 1 unspecified atom stereocenters. The van der Waals surface area contributed by atoms with E-state index in [-0.39, 0.29) is 6.04 Å². The van der Waals surface area contributed by atoms with Crippen LogP contribution in [0.15, 0.2) is 0 Å². The van der Waals surface area contributed by atoms with Gasteiger partial charge in [0.25, 0.3) is 0 Å². The summed E-state index contributed by atoms with van der Waals surface area (Å²) in [6, 6.07) is 0.233. The third-order valence-electron chi connectivity index (χ3n) is 1.57. The number of rotatable bonds is 4. The normalized spacial score (nSPS) is 23.9. The van der Waals surface area contributed by atoms with Crippen molar-refractivity contribution in [1.82, 2.24) is 5.32 Å². The largest absolute Gasteiger partial charge is 0.304 e. The maximum absolute atomic E-state index is 10.9. The van der Waals surface area contributed by atoms with Crippen LogP contribution in [-0.2, 0) is 4.79 Å². The van der Waals surface area contributed by atoms with Gasteiger partial charge in [0.1, 0.15) is 0 Å². The Bertz CT molecular complexity index is 107. The topological polar surface area (TPSA) is 39.0 Å². The molecule has 0 saturated carbocycles. The standard InChI is InChI=1S/C7H13NO/c1-2-3-4-7(9)6-5-8-6/h6,8H,2-5H2,1H3. The smallest absolute Gasteiger partial charge is 0.151 e. The zero-order valence-corrected chi connectivity index (χ0v) is 5.81. The van der Waals surface area contributed by atoms with Gasteiger partial charge in [0.15, 0.2) is 5.78 Å². The Kier molecular flexibility index (Phi) is 2.22. The van der Waals surface area contributed by atoms with Gasteiger partial charge >= 0.3 is 0 Å². The monoisotopic (exact) mass is 127 g/mol. The van der Waals surface area contributed by atoms with E-state index in [9.17, 15) is 4.79 Å². The van der Waals surface area contributed by atoms with E-state index in [2.05, 4.69) is 12.2 Å². The average Bonchev–Trinajstić information content (AvgIpc) is 2.63. The summed E-state index contributed by atoms with van der Waals surface area (Å²) in [5, 5.41) is 2.99. The lowest BCUT2D eigenvalue weighted by Crippen LogP contribution is -2.08. The first-order chi connectivity index (χ1) is 4.34. The van der Waals surface area contributed by atoms with Crippen LogP contribution < -0.4 is 5.32 Å². The second-order valence-corrected chi connectivity index (χ2v) is 2.53. The Labute approximate surface area is 55.6 Å². The molecule has 52 valence electrons. The predicted octanol–water partition coefficient (Wildman–Crippen LogP) is 0.718. The van der Waals surface area contributed by atoms with Gasteiger partial charge in [-0.05, 0) is 6.42 Å². The second-order valence-electron chi connectivity index (χ2n) is 2.53. The van der Waals surface area contributed by atoms with E-state index in [0.717, 1.165) is 25.8 Å². The Balaban J connectivity index is 2.03. The molecule has 1 N–H and O–H groups in total. The number of Topliss-reactive ketones (excluding diaryl/α,β-unsaturated/α-hetero) is 1. The fraction of sp³-hybridized carbons (Fsp3) is 0.857. The molecule has 0 amide bonds. The van der Waals surface area contributed by atoms with Crippen LogP contribution in [0.4, 0.5) is 0 Å². The van der Waals surface area contributed by atoms with E-state index in [0.29, 0.717) is 5.78 Å². The van der Waals surface area contributed by atoms with Crippen molar-refractivity contribution in [2.24, 2.45) is 0 Å². The Morgan fingerprint density at radius 3 is 2.89 bits per heavy atom. The molecule has 2 nitrogen and oxygen atoms in total. The lowest BCUT2D eigenvalue weighted by atomic mass is 10.1. The minimum atomic E-state index is 0.233. The molecule has 0 spiro atoms. The van der Waals surface area contributed by atoms with Crippen molar-refractivity contribution in [3.63, 3.8) is 0 Å². The van der Waals surface area contributed by atoms with Crippen LogP contribution >= 0.6 is 0 Å². The number of carbonyl (C=O) groups is 1. The van der Waals surface area contributed by atoms with Gasteiger partial charge in [-0.2, -0.15) is 0 Å². The summed E-state index contributed by atoms with van der Waals surface area (Å²) < 4.78 is 0. The summed E-state index contributed by atoms with van der Waals surface area (Å²) in [7, 11) is 0. The highest BCUT2D eigenvalue weighted by Crippen LogP contribution is 2.04. The number of carbonyl (C=O) groups excluding carboxylic acids is 1. The van der Waals surface area contributed by atoms with Crippen LogP contribution in [0.1, 0.15) is 26.2 Å². The molecule has 1 aliphatic heterocycles. The highest BCUT2D eigenvalue weighted by molar-refractivity contribution is 5.86. The Morgan fingerprint density at radius 1 is 1.78 bits per heavy atom. The molecular weight excluding hydrogens is 114 g/mol. The molecule has 0 aromatic heterocycles. The van der Waals surface area contributed by atoms with Gasteiger partial charge in [0.2, 0.25) is 0 Å². The lowest BCUT2D eigenvalue weighted by Gasteiger charge is -1.92. The van der Waals surface area contributed by atoms with Gasteiger partial charge in [-0.15, -0.1) is 0 Å². The van der Waals surface area contributed by atoms with Crippen molar-refractivity contribution < 1.29 is 4.79 Å². The van der Waals surface area contributed by atoms with Crippen LogP contribution in [0.5, 0.6) is 0 Å². The first-order valence-corrected chi connectivity index (χ1v) is 3.60. The number of ketones is 1. The molecule has 1 atom stereocenters. The molecular formula is C7H13NO. The minimum absolute atomic E-state index is 0.233. The highest BCUT2D eigenvalue weighted by Gasteiger charge is 2.27. The van der Waals surface area contributed by atoms with E-state index in [1.165, 1.54) is 0 Å². The maximum Gasteiger partial charge on any atom is 0.151 e. The van der Waals surface area contributed by atoms with E-state index >= 15 is 0 Å². The highest BCUT2D eigenvalue weighted by atomic mass is 16.1. The molecule has 0 aliphatic carbocycles. The van der Waals surface area contributed by atoms with Gasteiger partial charge in [-0.3, -0.25) is 4.79 Å². The van der Waals surface area contributed by atoms with Gasteiger partial charge in [-0.1, -0.05) is 13.3 Å². The molecule has 9 heavy (non-hydrogen) atoms. The van der Waals surface area contributed by atoms with Crippen molar-refractivity contribution in [1.29, 1.82) is 0 Å². The van der Waals surface area contributed by atoms with Crippen LogP contribution in [0.2, 0.25) is 0 Å². The summed E-state index contributed by atoms with van der Waals surface area (Å²) in [5.74, 6) is 0.400. The van der Waals surface area contributed by atoms with E-state index in [1.54, 1.807) is 0 Å². The molecule has 1 heterocycles. The Hall–Kier alpha value is -0.370. The average molecular weight is 127 g/mol. The molecule has 2 heteroatoms. The first-order valence-electron chi connectivity index (χ1n) is 3.60. The summed E-state index contributed by atoms with van der Waals surface area (Å²) in [6.07, 6.45) is 2.95. The molecule has 1 rings (SSSR count). The zero-order valence-electron chi connectivity index (χ0n) is 5.81. The number of nitrogens with one attached hydrogen (secondary N) is 1. The first kappa shape index (κ1) is 6.75. The zero-order chi connectivity index (χ0) is 6.69. The molecule has 0 aromatic carbocycles. The number of hydrogen-bond acceptors (Lipinski definition) is 2. The van der Waals surface area contributed by atoms with Crippen molar-refractivity contribution in [2.45, 2.75) is 32.2 Å². The van der Waals surface area contributed by atoms with Gasteiger partial charge in [-0.25, -0.2) is 0 Å². The minimum Gasteiger partial charge on any atom is -0.304 e. The molecule has 0 aromatic rings. The van der Waals surface area contributed by atoms with Crippen LogP contribution in [0, 0.1) is 0 Å². The van der Waals surface area contributed by atoms with Crippen LogP contribution in [-0.4, -0.2) is 18.4 Å². The second kappa shape index (κ2) is 2.97. The van der Waals surface area contributed by atoms with Crippen LogP contribution in [0.25, 0.3) is 0 Å².